The lowest BCUT2D eigenvalue weighted by atomic mass is 10.1. The molecule has 0 aromatic carbocycles. The molecule has 1 heterocycles. The summed E-state index contributed by atoms with van der Waals surface area (Å²) in [5, 5.41) is 1.15. The fourth-order valence-electron chi connectivity index (χ4n) is 1.73. The summed E-state index contributed by atoms with van der Waals surface area (Å²) in [7, 11) is -0.802. The number of allylic oxidation sites excluding steroid dienone is 1. The Kier molecular flexibility index (Phi) is 8.47. The number of aryl methyl sites for hydroxylation is 1. The predicted octanol–water partition coefficient (Wildman–Crippen LogP) is 5.01. The monoisotopic (exact) mass is 301 g/mol. The zero-order chi connectivity index (χ0) is 14.1. The molecule has 5 heteroatoms. The molecule has 0 amide bonds. The van der Waals surface area contributed by atoms with Crippen molar-refractivity contribution in [3.8, 4) is 0 Å². The van der Waals surface area contributed by atoms with Crippen molar-refractivity contribution in [3.05, 3.63) is 21.7 Å². The van der Waals surface area contributed by atoms with E-state index in [-0.39, 0.29) is 0 Å². The highest BCUT2D eigenvalue weighted by Crippen LogP contribution is 2.43. The molecular formula is C14H24NO2PS. The number of nitrogens with zero attached hydrogens (tertiary/aromatic N) is 1. The molecule has 1 aromatic heterocycles. The maximum absolute atomic E-state index is 5.61. The first-order chi connectivity index (χ1) is 9.33. The summed E-state index contributed by atoms with van der Waals surface area (Å²) < 4.78 is 11.2. The van der Waals surface area contributed by atoms with Gasteiger partial charge in [-0.1, -0.05) is 19.9 Å². The van der Waals surface area contributed by atoms with Crippen LogP contribution in [-0.4, -0.2) is 18.2 Å². The number of fused-ring (bicyclic) bond motifs is 1. The Bertz CT molecular complexity index is 387. The van der Waals surface area contributed by atoms with Crippen LogP contribution in [0.4, 0.5) is 0 Å². The molecule has 0 bridgehead atoms. The van der Waals surface area contributed by atoms with Crippen LogP contribution in [-0.2, 0) is 21.6 Å². The van der Waals surface area contributed by atoms with Gasteiger partial charge in [-0.05, 0) is 32.8 Å². The van der Waals surface area contributed by atoms with E-state index >= 15 is 0 Å². The quantitative estimate of drug-likeness (QED) is 0.692. The molecule has 1 aliphatic carbocycles. The summed E-state index contributed by atoms with van der Waals surface area (Å²) in [6.45, 7) is 9.42. The second-order valence-electron chi connectivity index (χ2n) is 3.68. The van der Waals surface area contributed by atoms with Gasteiger partial charge in [0.15, 0.2) is 8.38 Å². The average Bonchev–Trinajstić information content (AvgIpc) is 2.84. The molecule has 3 nitrogen and oxygen atoms in total. The Morgan fingerprint density at radius 1 is 1.26 bits per heavy atom. The molecule has 1 aliphatic rings. The third-order valence-corrected chi connectivity index (χ3v) is 5.39. The zero-order valence-corrected chi connectivity index (χ0v) is 14.0. The van der Waals surface area contributed by atoms with Crippen molar-refractivity contribution in [2.24, 2.45) is 0 Å². The van der Waals surface area contributed by atoms with E-state index in [1.807, 2.05) is 39.0 Å². The van der Waals surface area contributed by atoms with Gasteiger partial charge < -0.3 is 9.05 Å². The van der Waals surface area contributed by atoms with Gasteiger partial charge in [-0.2, -0.15) is 0 Å². The van der Waals surface area contributed by atoms with Gasteiger partial charge in [0.1, 0.15) is 5.01 Å². The average molecular weight is 301 g/mol. The van der Waals surface area contributed by atoms with Crippen LogP contribution in [0.5, 0.6) is 0 Å². The van der Waals surface area contributed by atoms with Crippen LogP contribution in [0.1, 0.15) is 49.7 Å². The molecule has 0 atom stereocenters. The summed E-state index contributed by atoms with van der Waals surface area (Å²) in [5.74, 6) is 0. The summed E-state index contributed by atoms with van der Waals surface area (Å²) in [4.78, 5) is 6.05. The summed E-state index contributed by atoms with van der Waals surface area (Å²) in [6.07, 6.45) is 7.41. The minimum atomic E-state index is -0.802. The van der Waals surface area contributed by atoms with Gasteiger partial charge in [-0.25, -0.2) is 4.98 Å². The van der Waals surface area contributed by atoms with Gasteiger partial charge in [-0.3, -0.25) is 0 Å². The number of aromatic nitrogens is 1. The topological polar surface area (TPSA) is 31.4 Å². The Labute approximate surface area is 122 Å². The van der Waals surface area contributed by atoms with Crippen molar-refractivity contribution in [1.82, 2.24) is 4.98 Å². The first kappa shape index (κ1) is 16.8. The first-order valence-corrected chi connectivity index (χ1v) is 9.20. The highest BCUT2D eigenvalue weighted by atomic mass is 32.1. The fraction of sp³-hybridized carbons (Fsp3) is 0.643. The Hall–Kier alpha value is -0.280. The number of hydrogen-bond acceptors (Lipinski definition) is 4. The third-order valence-electron chi connectivity index (χ3n) is 2.40. The molecule has 0 saturated carbocycles. The zero-order valence-electron chi connectivity index (χ0n) is 12.3. The van der Waals surface area contributed by atoms with Crippen LogP contribution in [0.25, 0.3) is 6.08 Å². The highest BCUT2D eigenvalue weighted by Gasteiger charge is 2.16. The lowest BCUT2D eigenvalue weighted by molar-refractivity contribution is 0.268. The summed E-state index contributed by atoms with van der Waals surface area (Å²) in [5.41, 5.74) is 1.15. The standard InChI is InChI=1S/C12H18NO2PS.C2H6/c1-3-14-16(15-4-2)9-12-13-10-7-5-6-8-11(10)17-12;1-2/h5,7H,3-4,6,8-9H2,1-2H3;1-2H3. The number of hydrogen-bond donors (Lipinski definition) is 0. The van der Waals surface area contributed by atoms with Gasteiger partial charge in [0.25, 0.3) is 0 Å². The molecule has 0 spiro atoms. The van der Waals surface area contributed by atoms with Crippen molar-refractivity contribution in [2.45, 2.75) is 46.7 Å². The van der Waals surface area contributed by atoms with Gasteiger partial charge in [-0.15, -0.1) is 11.3 Å². The summed E-state index contributed by atoms with van der Waals surface area (Å²) in [6, 6.07) is 0. The maximum Gasteiger partial charge on any atom is 0.177 e. The van der Waals surface area contributed by atoms with E-state index in [1.54, 1.807) is 0 Å². The molecule has 0 unspecified atom stereocenters. The highest BCUT2D eigenvalue weighted by molar-refractivity contribution is 7.46. The van der Waals surface area contributed by atoms with E-state index in [2.05, 4.69) is 17.1 Å². The van der Waals surface area contributed by atoms with Crippen molar-refractivity contribution in [1.29, 1.82) is 0 Å². The van der Waals surface area contributed by atoms with Gasteiger partial charge in [0, 0.05) is 4.88 Å². The minimum Gasteiger partial charge on any atom is -0.334 e. The van der Waals surface area contributed by atoms with Crippen LogP contribution in [0.3, 0.4) is 0 Å². The molecule has 108 valence electrons. The minimum absolute atomic E-state index is 0.705. The Morgan fingerprint density at radius 3 is 2.53 bits per heavy atom. The molecule has 0 radical (unpaired) electrons. The first-order valence-electron chi connectivity index (χ1n) is 7.02. The SMILES string of the molecule is CC.CCOP(Cc1nc2c(s1)CCC=C2)OCC. The van der Waals surface area contributed by atoms with E-state index < -0.39 is 8.38 Å². The van der Waals surface area contributed by atoms with E-state index in [4.69, 9.17) is 9.05 Å². The largest absolute Gasteiger partial charge is 0.334 e. The molecule has 19 heavy (non-hydrogen) atoms. The number of rotatable bonds is 6. The van der Waals surface area contributed by atoms with Gasteiger partial charge in [0.2, 0.25) is 0 Å². The van der Waals surface area contributed by atoms with Crippen molar-refractivity contribution < 1.29 is 9.05 Å². The second kappa shape index (κ2) is 9.60. The third kappa shape index (κ3) is 5.31. The molecule has 0 aliphatic heterocycles. The van der Waals surface area contributed by atoms with E-state index in [9.17, 15) is 0 Å². The van der Waals surface area contributed by atoms with E-state index in [0.29, 0.717) is 13.2 Å². The van der Waals surface area contributed by atoms with E-state index in [1.165, 1.54) is 4.88 Å². The van der Waals surface area contributed by atoms with Crippen molar-refractivity contribution in [2.75, 3.05) is 13.2 Å². The number of thiazole rings is 1. The maximum atomic E-state index is 5.61. The Morgan fingerprint density at radius 2 is 1.95 bits per heavy atom. The molecule has 1 aromatic rings. The Balaban J connectivity index is 0.000000861. The van der Waals surface area contributed by atoms with E-state index in [0.717, 1.165) is 29.7 Å². The second-order valence-corrected chi connectivity index (χ2v) is 6.35. The van der Waals surface area contributed by atoms with Crippen LogP contribution < -0.4 is 0 Å². The molecule has 2 rings (SSSR count). The predicted molar refractivity (Wildman–Crippen MR) is 84.7 cm³/mol. The van der Waals surface area contributed by atoms with Crippen LogP contribution in [0, 0.1) is 0 Å². The van der Waals surface area contributed by atoms with Gasteiger partial charge >= 0.3 is 0 Å². The lowest BCUT2D eigenvalue weighted by Crippen LogP contribution is -1.94. The van der Waals surface area contributed by atoms with Crippen LogP contribution in [0.2, 0.25) is 0 Å². The lowest BCUT2D eigenvalue weighted by Gasteiger charge is -2.13. The van der Waals surface area contributed by atoms with Gasteiger partial charge in [0.05, 0.1) is 25.1 Å². The fourth-order valence-corrected chi connectivity index (χ4v) is 4.29. The van der Waals surface area contributed by atoms with Crippen LogP contribution in [0.15, 0.2) is 6.08 Å². The smallest absolute Gasteiger partial charge is 0.177 e. The van der Waals surface area contributed by atoms with Crippen LogP contribution >= 0.6 is 19.7 Å². The van der Waals surface area contributed by atoms with Crippen molar-refractivity contribution in [3.63, 3.8) is 0 Å². The molecule has 0 saturated heterocycles. The molecule has 0 N–H and O–H groups in total. The summed E-state index contributed by atoms with van der Waals surface area (Å²) >= 11 is 1.81. The normalized spacial score (nSPS) is 13.1. The molecule has 0 fully saturated rings. The molecular weight excluding hydrogens is 277 g/mol. The van der Waals surface area contributed by atoms with Crippen molar-refractivity contribution >= 4 is 25.8 Å².